The molecule has 0 aromatic carbocycles. The van der Waals surface area contributed by atoms with E-state index in [0.29, 0.717) is 19.6 Å². The quantitative estimate of drug-likeness (QED) is 0.679. The third kappa shape index (κ3) is 6.29. The monoisotopic (exact) mass is 336 g/mol. The summed E-state index contributed by atoms with van der Waals surface area (Å²) in [5, 5.41) is 8.80. The Labute approximate surface area is 131 Å². The van der Waals surface area contributed by atoms with Crippen molar-refractivity contribution in [3.05, 3.63) is 0 Å². The molecule has 1 amide bonds. The van der Waals surface area contributed by atoms with Crippen LogP contribution in [-0.2, 0) is 24.3 Å². The van der Waals surface area contributed by atoms with Crippen LogP contribution in [0.5, 0.6) is 0 Å². The summed E-state index contributed by atoms with van der Waals surface area (Å²) < 4.78 is 29.6. The summed E-state index contributed by atoms with van der Waals surface area (Å²) in [6.07, 6.45) is 0.872. The first-order valence-electron chi connectivity index (χ1n) is 7.16. The second-order valence-electron chi connectivity index (χ2n) is 5.88. The van der Waals surface area contributed by atoms with Crippen molar-refractivity contribution in [1.29, 1.82) is 0 Å². The Bertz CT molecular complexity index is 505. The molecule has 1 atom stereocenters. The molecule has 0 spiro atoms. The summed E-state index contributed by atoms with van der Waals surface area (Å²) in [4.78, 5) is 24.5. The van der Waals surface area contributed by atoms with Gasteiger partial charge in [-0.2, -0.15) is 4.31 Å². The Morgan fingerprint density at radius 1 is 1.41 bits per heavy atom. The molecule has 1 saturated heterocycles. The second kappa shape index (κ2) is 7.89. The Morgan fingerprint density at radius 2 is 2.05 bits per heavy atom. The minimum atomic E-state index is -3.65. The third-order valence-electron chi connectivity index (χ3n) is 3.26. The number of carboxylic acid groups (broad SMARTS) is 1. The van der Waals surface area contributed by atoms with Crippen LogP contribution in [0.25, 0.3) is 0 Å². The molecular formula is C13H24N2O6S. The van der Waals surface area contributed by atoms with Gasteiger partial charge in [0, 0.05) is 26.1 Å². The van der Waals surface area contributed by atoms with Gasteiger partial charge in [0.05, 0.1) is 19.0 Å². The molecule has 128 valence electrons. The maximum Gasteiger partial charge on any atom is 0.318 e. The van der Waals surface area contributed by atoms with Crippen LogP contribution in [0.3, 0.4) is 0 Å². The molecular weight excluding hydrogens is 312 g/mol. The number of amides is 1. The number of hydrogen-bond acceptors (Lipinski definition) is 5. The maximum absolute atomic E-state index is 12.1. The fourth-order valence-corrected chi connectivity index (χ4v) is 3.01. The first-order valence-corrected chi connectivity index (χ1v) is 9.00. The molecule has 0 aliphatic carbocycles. The van der Waals surface area contributed by atoms with Gasteiger partial charge in [-0.3, -0.25) is 9.59 Å². The van der Waals surface area contributed by atoms with Gasteiger partial charge in [-0.25, -0.2) is 8.42 Å². The molecule has 22 heavy (non-hydrogen) atoms. The van der Waals surface area contributed by atoms with E-state index in [4.69, 9.17) is 9.84 Å². The number of carbonyl (C=O) groups excluding carboxylic acids is 1. The number of carboxylic acids is 1. The standard InChI is InChI=1S/C13H24N2O6S/c1-10(2)6-12(16)14-4-5-21-11(7-14)8-15(9-13(17)18)22(3,19)20/h10-11H,4-9H2,1-3H3,(H,17,18). The molecule has 8 nitrogen and oxygen atoms in total. The van der Waals surface area contributed by atoms with E-state index in [-0.39, 0.29) is 24.9 Å². The van der Waals surface area contributed by atoms with Crippen LogP contribution in [0.4, 0.5) is 0 Å². The first kappa shape index (κ1) is 18.9. The Morgan fingerprint density at radius 3 is 2.55 bits per heavy atom. The normalized spacial score (nSPS) is 19.7. The van der Waals surface area contributed by atoms with E-state index in [1.54, 1.807) is 4.90 Å². The summed E-state index contributed by atoms with van der Waals surface area (Å²) in [5.41, 5.74) is 0. The SMILES string of the molecule is CC(C)CC(=O)N1CCOC(CN(CC(=O)O)S(C)(=O)=O)C1. The van der Waals surface area contributed by atoms with Crippen LogP contribution in [0.1, 0.15) is 20.3 Å². The molecule has 1 heterocycles. The van der Waals surface area contributed by atoms with E-state index >= 15 is 0 Å². The highest BCUT2D eigenvalue weighted by Gasteiger charge is 2.29. The zero-order chi connectivity index (χ0) is 16.9. The lowest BCUT2D eigenvalue weighted by atomic mass is 10.1. The molecule has 1 N–H and O–H groups in total. The van der Waals surface area contributed by atoms with Crippen LogP contribution in [-0.4, -0.2) is 79.8 Å². The van der Waals surface area contributed by atoms with Crippen LogP contribution in [0.15, 0.2) is 0 Å². The van der Waals surface area contributed by atoms with Gasteiger partial charge in [0.1, 0.15) is 6.54 Å². The molecule has 1 aliphatic heterocycles. The van der Waals surface area contributed by atoms with Crippen molar-refractivity contribution in [2.45, 2.75) is 26.4 Å². The minimum Gasteiger partial charge on any atom is -0.480 e. The van der Waals surface area contributed by atoms with Crippen molar-refractivity contribution in [1.82, 2.24) is 9.21 Å². The average Bonchev–Trinajstić information content (AvgIpc) is 2.36. The van der Waals surface area contributed by atoms with Crippen molar-refractivity contribution in [2.24, 2.45) is 5.92 Å². The summed E-state index contributed by atoms with van der Waals surface area (Å²) in [5.74, 6) is -0.977. The lowest BCUT2D eigenvalue weighted by Crippen LogP contribution is -2.51. The number of ether oxygens (including phenoxy) is 1. The van der Waals surface area contributed by atoms with Gasteiger partial charge in [0.25, 0.3) is 0 Å². The van der Waals surface area contributed by atoms with E-state index in [1.807, 2.05) is 13.8 Å². The number of carbonyl (C=O) groups is 2. The molecule has 9 heteroatoms. The van der Waals surface area contributed by atoms with Gasteiger partial charge in [-0.15, -0.1) is 0 Å². The summed E-state index contributed by atoms with van der Waals surface area (Å²) in [6.45, 7) is 4.29. The average molecular weight is 336 g/mol. The van der Waals surface area contributed by atoms with Gasteiger partial charge in [-0.1, -0.05) is 13.8 Å². The molecule has 0 aromatic heterocycles. The number of sulfonamides is 1. The van der Waals surface area contributed by atoms with E-state index in [0.717, 1.165) is 10.6 Å². The van der Waals surface area contributed by atoms with Crippen LogP contribution in [0, 0.1) is 5.92 Å². The van der Waals surface area contributed by atoms with E-state index < -0.39 is 28.6 Å². The number of aliphatic carboxylic acids is 1. The zero-order valence-electron chi connectivity index (χ0n) is 13.2. The minimum absolute atomic E-state index is 0.00689. The number of morpholine rings is 1. The van der Waals surface area contributed by atoms with E-state index in [2.05, 4.69) is 0 Å². The fraction of sp³-hybridized carbons (Fsp3) is 0.846. The van der Waals surface area contributed by atoms with Crippen LogP contribution < -0.4 is 0 Å². The summed E-state index contributed by atoms with van der Waals surface area (Å²) in [7, 11) is -3.65. The van der Waals surface area contributed by atoms with Crippen molar-refractivity contribution < 1.29 is 27.9 Å². The van der Waals surface area contributed by atoms with Crippen molar-refractivity contribution in [3.8, 4) is 0 Å². The largest absolute Gasteiger partial charge is 0.480 e. The number of nitrogens with zero attached hydrogens (tertiary/aromatic N) is 2. The second-order valence-corrected chi connectivity index (χ2v) is 7.86. The summed E-state index contributed by atoms with van der Waals surface area (Å²) in [6, 6.07) is 0. The Kier molecular flexibility index (Phi) is 6.76. The van der Waals surface area contributed by atoms with Crippen molar-refractivity contribution >= 4 is 21.9 Å². The number of hydrogen-bond donors (Lipinski definition) is 1. The Hall–Kier alpha value is -1.19. The summed E-state index contributed by atoms with van der Waals surface area (Å²) >= 11 is 0. The topological polar surface area (TPSA) is 104 Å². The molecule has 1 fully saturated rings. The number of rotatable bonds is 7. The maximum atomic E-state index is 12.1. The Balaban J connectivity index is 2.67. The van der Waals surface area contributed by atoms with Gasteiger partial charge in [-0.05, 0) is 5.92 Å². The van der Waals surface area contributed by atoms with Gasteiger partial charge in [0.2, 0.25) is 15.9 Å². The van der Waals surface area contributed by atoms with Crippen LogP contribution >= 0.6 is 0 Å². The van der Waals surface area contributed by atoms with Crippen molar-refractivity contribution in [2.75, 3.05) is 39.0 Å². The fourth-order valence-electron chi connectivity index (χ4n) is 2.23. The highest BCUT2D eigenvalue weighted by molar-refractivity contribution is 7.88. The molecule has 0 aromatic rings. The highest BCUT2D eigenvalue weighted by Crippen LogP contribution is 2.12. The lowest BCUT2D eigenvalue weighted by Gasteiger charge is -2.35. The van der Waals surface area contributed by atoms with Crippen LogP contribution in [0.2, 0.25) is 0 Å². The van der Waals surface area contributed by atoms with Gasteiger partial charge in [0.15, 0.2) is 0 Å². The molecule has 0 bridgehead atoms. The van der Waals surface area contributed by atoms with E-state index in [1.165, 1.54) is 0 Å². The molecule has 1 unspecified atom stereocenters. The van der Waals surface area contributed by atoms with E-state index in [9.17, 15) is 18.0 Å². The molecule has 0 radical (unpaired) electrons. The van der Waals surface area contributed by atoms with Crippen molar-refractivity contribution in [3.63, 3.8) is 0 Å². The lowest BCUT2D eigenvalue weighted by molar-refractivity contribution is -0.141. The third-order valence-corrected chi connectivity index (χ3v) is 4.48. The van der Waals surface area contributed by atoms with Gasteiger partial charge >= 0.3 is 5.97 Å². The smallest absolute Gasteiger partial charge is 0.318 e. The highest BCUT2D eigenvalue weighted by atomic mass is 32.2. The predicted octanol–water partition coefficient (Wildman–Crippen LogP) is -0.394. The molecule has 1 rings (SSSR count). The first-order chi connectivity index (χ1) is 10.1. The zero-order valence-corrected chi connectivity index (χ0v) is 14.0. The predicted molar refractivity (Wildman–Crippen MR) is 79.8 cm³/mol. The van der Waals surface area contributed by atoms with Gasteiger partial charge < -0.3 is 14.7 Å². The molecule has 1 aliphatic rings. The molecule has 0 saturated carbocycles.